The number of aryl methyl sites for hydroxylation is 1. The molecule has 1 aliphatic rings. The number of ether oxygens (including phenoxy) is 1. The van der Waals surface area contributed by atoms with Crippen molar-refractivity contribution in [2.24, 2.45) is 5.92 Å². The third-order valence-corrected chi connectivity index (χ3v) is 4.61. The number of likely N-dealkylation sites (tertiary alicyclic amines) is 1. The third-order valence-electron chi connectivity index (χ3n) is 4.61. The minimum atomic E-state index is -0.00782. The number of methoxy groups -OCH3 is 1. The number of amides is 1. The van der Waals surface area contributed by atoms with Crippen molar-refractivity contribution in [1.82, 2.24) is 9.80 Å². The van der Waals surface area contributed by atoms with Crippen molar-refractivity contribution in [3.05, 3.63) is 42.0 Å². The van der Waals surface area contributed by atoms with E-state index in [2.05, 4.69) is 24.6 Å². The van der Waals surface area contributed by atoms with Gasteiger partial charge >= 0.3 is 0 Å². The minimum absolute atomic E-state index is 0.00782. The molecule has 4 heteroatoms. The third kappa shape index (κ3) is 4.83. The van der Waals surface area contributed by atoms with Crippen LogP contribution in [0.2, 0.25) is 0 Å². The zero-order valence-corrected chi connectivity index (χ0v) is 14.5. The van der Waals surface area contributed by atoms with Gasteiger partial charge in [-0.25, -0.2) is 0 Å². The Morgan fingerprint density at radius 3 is 2.74 bits per heavy atom. The molecule has 1 fully saturated rings. The average Bonchev–Trinajstić information content (AvgIpc) is 2.56. The molecule has 0 spiro atoms. The van der Waals surface area contributed by atoms with Crippen LogP contribution in [0.25, 0.3) is 0 Å². The van der Waals surface area contributed by atoms with Gasteiger partial charge in [-0.1, -0.05) is 18.7 Å². The van der Waals surface area contributed by atoms with Crippen molar-refractivity contribution in [1.29, 1.82) is 0 Å². The van der Waals surface area contributed by atoms with E-state index >= 15 is 0 Å². The molecule has 1 heterocycles. The molecule has 0 N–H and O–H groups in total. The van der Waals surface area contributed by atoms with Crippen molar-refractivity contribution in [2.45, 2.75) is 26.3 Å². The fraction of sp³-hybridized carbons (Fsp3) is 0.526. The van der Waals surface area contributed by atoms with E-state index in [1.54, 1.807) is 7.11 Å². The number of carbonyl (C=O) groups is 1. The van der Waals surface area contributed by atoms with Crippen molar-refractivity contribution in [3.8, 4) is 5.75 Å². The smallest absolute Gasteiger partial charge is 0.246 e. The molecule has 1 saturated heterocycles. The maximum atomic E-state index is 12.3. The Balaban J connectivity index is 2.10. The molecule has 0 radical (unpaired) electrons. The van der Waals surface area contributed by atoms with Crippen molar-refractivity contribution >= 4 is 5.91 Å². The number of nitrogens with zero attached hydrogens (tertiary/aromatic N) is 2. The van der Waals surface area contributed by atoms with Gasteiger partial charge in [0.2, 0.25) is 5.91 Å². The van der Waals surface area contributed by atoms with E-state index in [-0.39, 0.29) is 5.91 Å². The molecule has 1 aromatic carbocycles. The first-order valence-electron chi connectivity index (χ1n) is 8.27. The lowest BCUT2D eigenvalue weighted by Crippen LogP contribution is -2.39. The maximum Gasteiger partial charge on any atom is 0.246 e. The molecule has 1 amide bonds. The van der Waals surface area contributed by atoms with Crippen molar-refractivity contribution in [2.75, 3.05) is 33.8 Å². The Morgan fingerprint density at radius 1 is 1.43 bits per heavy atom. The van der Waals surface area contributed by atoms with Gasteiger partial charge in [0.25, 0.3) is 0 Å². The second-order valence-electron chi connectivity index (χ2n) is 6.48. The molecular weight excluding hydrogens is 288 g/mol. The van der Waals surface area contributed by atoms with Crippen LogP contribution in [0.15, 0.2) is 30.9 Å². The largest absolute Gasteiger partial charge is 0.496 e. The fourth-order valence-corrected chi connectivity index (χ4v) is 3.11. The van der Waals surface area contributed by atoms with E-state index in [9.17, 15) is 4.79 Å². The first-order valence-corrected chi connectivity index (χ1v) is 8.27. The zero-order chi connectivity index (χ0) is 16.8. The molecule has 0 atom stereocenters. The van der Waals surface area contributed by atoms with E-state index in [1.165, 1.54) is 6.08 Å². The number of hydrogen-bond donors (Lipinski definition) is 0. The topological polar surface area (TPSA) is 32.8 Å². The van der Waals surface area contributed by atoms with Crippen LogP contribution in [0.3, 0.4) is 0 Å². The number of hydrogen-bond acceptors (Lipinski definition) is 3. The van der Waals surface area contributed by atoms with Crippen molar-refractivity contribution < 1.29 is 9.53 Å². The Morgan fingerprint density at radius 2 is 2.13 bits per heavy atom. The predicted octanol–water partition coefficient (Wildman–Crippen LogP) is 2.86. The van der Waals surface area contributed by atoms with Gasteiger partial charge in [-0.15, -0.1) is 0 Å². The summed E-state index contributed by atoms with van der Waals surface area (Å²) in [5, 5.41) is 0. The monoisotopic (exact) mass is 316 g/mol. The molecule has 0 aliphatic carbocycles. The van der Waals surface area contributed by atoms with Crippen LogP contribution in [0.4, 0.5) is 0 Å². The summed E-state index contributed by atoms with van der Waals surface area (Å²) in [6.07, 6.45) is 3.69. The quantitative estimate of drug-likeness (QED) is 0.757. The van der Waals surface area contributed by atoms with Gasteiger partial charge in [0.1, 0.15) is 5.75 Å². The van der Waals surface area contributed by atoms with Gasteiger partial charge in [-0.3, -0.25) is 4.79 Å². The van der Waals surface area contributed by atoms with Crippen LogP contribution in [-0.2, 0) is 11.3 Å². The molecule has 1 aliphatic heterocycles. The van der Waals surface area contributed by atoms with Gasteiger partial charge < -0.3 is 14.5 Å². The molecule has 126 valence electrons. The standard InChI is InChI=1S/C19H28N2O2/c1-5-19(22)21(13-16-8-10-20(3)11-9-16)14-17-7-6-15(2)12-18(17)23-4/h5-7,12,16H,1,8-11,13-14H2,2-4H3. The van der Waals surface area contributed by atoms with Crippen LogP contribution >= 0.6 is 0 Å². The summed E-state index contributed by atoms with van der Waals surface area (Å²) in [6.45, 7) is 9.26. The number of piperidine rings is 1. The molecule has 4 nitrogen and oxygen atoms in total. The fourth-order valence-electron chi connectivity index (χ4n) is 3.11. The second kappa shape index (κ2) is 8.16. The lowest BCUT2D eigenvalue weighted by Gasteiger charge is -2.33. The lowest BCUT2D eigenvalue weighted by atomic mass is 9.96. The summed E-state index contributed by atoms with van der Waals surface area (Å²) in [6, 6.07) is 6.12. The summed E-state index contributed by atoms with van der Waals surface area (Å²) in [4.78, 5) is 16.5. The van der Waals surface area contributed by atoms with E-state index in [1.807, 2.05) is 24.0 Å². The van der Waals surface area contributed by atoms with Gasteiger partial charge in [0, 0.05) is 18.7 Å². The van der Waals surface area contributed by atoms with Crippen LogP contribution in [0, 0.1) is 12.8 Å². The highest BCUT2D eigenvalue weighted by molar-refractivity contribution is 5.87. The molecule has 23 heavy (non-hydrogen) atoms. The highest BCUT2D eigenvalue weighted by Gasteiger charge is 2.22. The van der Waals surface area contributed by atoms with Crippen LogP contribution in [-0.4, -0.2) is 49.5 Å². The number of carbonyl (C=O) groups excluding carboxylic acids is 1. The van der Waals surface area contributed by atoms with Crippen molar-refractivity contribution in [3.63, 3.8) is 0 Å². The van der Waals surface area contributed by atoms with Gasteiger partial charge in [0.05, 0.1) is 7.11 Å². The Bertz CT molecular complexity index is 548. The van der Waals surface area contributed by atoms with E-state index < -0.39 is 0 Å². The predicted molar refractivity (Wildman–Crippen MR) is 93.6 cm³/mol. The summed E-state index contributed by atoms with van der Waals surface area (Å²) < 4.78 is 5.47. The molecule has 0 aromatic heterocycles. The van der Waals surface area contributed by atoms with E-state index in [0.29, 0.717) is 12.5 Å². The van der Waals surface area contributed by atoms with Crippen LogP contribution in [0.1, 0.15) is 24.0 Å². The molecule has 0 saturated carbocycles. The maximum absolute atomic E-state index is 12.3. The zero-order valence-electron chi connectivity index (χ0n) is 14.5. The summed E-state index contributed by atoms with van der Waals surface area (Å²) in [7, 11) is 3.83. The molecule has 0 bridgehead atoms. The minimum Gasteiger partial charge on any atom is -0.496 e. The molecule has 2 rings (SSSR count). The Labute approximate surface area is 139 Å². The number of benzene rings is 1. The van der Waals surface area contributed by atoms with Crippen LogP contribution < -0.4 is 4.74 Å². The number of rotatable bonds is 6. The highest BCUT2D eigenvalue weighted by Crippen LogP contribution is 2.24. The van der Waals surface area contributed by atoms with Gasteiger partial charge in [-0.05, 0) is 63.5 Å². The lowest BCUT2D eigenvalue weighted by molar-refractivity contribution is -0.127. The van der Waals surface area contributed by atoms with E-state index in [4.69, 9.17) is 4.74 Å². The first kappa shape index (κ1) is 17.5. The molecule has 1 aromatic rings. The summed E-state index contributed by atoms with van der Waals surface area (Å²) in [5.41, 5.74) is 2.20. The van der Waals surface area contributed by atoms with E-state index in [0.717, 1.165) is 49.4 Å². The summed E-state index contributed by atoms with van der Waals surface area (Å²) in [5.74, 6) is 1.40. The SMILES string of the molecule is C=CC(=O)N(Cc1ccc(C)cc1OC)CC1CCN(C)CC1. The average molecular weight is 316 g/mol. The normalized spacial score (nSPS) is 16.1. The highest BCUT2D eigenvalue weighted by atomic mass is 16.5. The van der Waals surface area contributed by atoms with Crippen LogP contribution in [0.5, 0.6) is 5.75 Å². The Kier molecular flexibility index (Phi) is 6.22. The molecular formula is C19H28N2O2. The summed E-state index contributed by atoms with van der Waals surface area (Å²) >= 11 is 0. The second-order valence-corrected chi connectivity index (χ2v) is 6.48. The van der Waals surface area contributed by atoms with Gasteiger partial charge in [0.15, 0.2) is 0 Å². The Hall–Kier alpha value is -1.81. The molecule has 0 unspecified atom stereocenters. The van der Waals surface area contributed by atoms with Gasteiger partial charge in [-0.2, -0.15) is 0 Å². The first-order chi connectivity index (χ1) is 11.0.